The van der Waals surface area contributed by atoms with Gasteiger partial charge >= 0.3 is 0 Å². The minimum atomic E-state index is -0.557. The molecule has 4 heteroatoms. The Morgan fingerprint density at radius 3 is 2.68 bits per heavy atom. The Labute approximate surface area is 208 Å². The van der Waals surface area contributed by atoms with Crippen LogP contribution in [0, 0.1) is 23.2 Å². The molecule has 0 radical (unpaired) electrons. The monoisotopic (exact) mass is 474 g/mol. The van der Waals surface area contributed by atoms with Gasteiger partial charge in [-0.3, -0.25) is 0 Å². The molecule has 194 valence electrons. The molecule has 6 atom stereocenters. The van der Waals surface area contributed by atoms with E-state index in [2.05, 4.69) is 32.6 Å². The molecule has 0 heterocycles. The first-order valence-electron chi connectivity index (χ1n) is 13.8. The summed E-state index contributed by atoms with van der Waals surface area (Å²) in [6, 6.07) is 0. The van der Waals surface area contributed by atoms with E-state index >= 15 is 0 Å². The van der Waals surface area contributed by atoms with Gasteiger partial charge in [-0.15, -0.1) is 0 Å². The molecule has 0 aromatic heterocycles. The number of aliphatic hydroxyl groups is 3. The fourth-order valence-electron chi connectivity index (χ4n) is 7.15. The third-order valence-electron chi connectivity index (χ3n) is 9.07. The third kappa shape index (κ3) is 6.84. The van der Waals surface area contributed by atoms with Crippen LogP contribution < -0.4 is 0 Å². The van der Waals surface area contributed by atoms with Crippen molar-refractivity contribution in [1.29, 1.82) is 0 Å². The fraction of sp³-hybridized carbons (Fsp3) is 0.800. The normalized spacial score (nSPS) is 35.7. The molecule has 3 saturated carbocycles. The van der Waals surface area contributed by atoms with Crippen molar-refractivity contribution < 1.29 is 20.1 Å². The molecule has 3 aliphatic carbocycles. The maximum atomic E-state index is 10.6. The van der Waals surface area contributed by atoms with E-state index in [9.17, 15) is 10.2 Å². The highest BCUT2D eigenvalue weighted by atomic mass is 16.5. The summed E-state index contributed by atoms with van der Waals surface area (Å²) in [5.74, 6) is 2.13. The lowest BCUT2D eigenvalue weighted by atomic mass is 9.60. The average molecular weight is 475 g/mol. The Morgan fingerprint density at radius 1 is 1.21 bits per heavy atom. The first kappa shape index (κ1) is 27.6. The topological polar surface area (TPSA) is 69.9 Å². The van der Waals surface area contributed by atoms with Crippen molar-refractivity contribution in [3.63, 3.8) is 0 Å². The summed E-state index contributed by atoms with van der Waals surface area (Å²) in [6.45, 7) is 13.7. The first-order valence-corrected chi connectivity index (χ1v) is 13.8. The number of aliphatic hydroxyl groups excluding tert-OH is 2. The fourth-order valence-corrected chi connectivity index (χ4v) is 7.15. The van der Waals surface area contributed by atoms with Crippen LogP contribution in [0.5, 0.6) is 0 Å². The van der Waals surface area contributed by atoms with Gasteiger partial charge in [-0.05, 0) is 93.1 Å². The lowest BCUT2D eigenvalue weighted by Crippen LogP contribution is -2.36. The molecule has 3 aliphatic rings. The Morgan fingerprint density at radius 2 is 1.97 bits per heavy atom. The van der Waals surface area contributed by atoms with E-state index in [1.807, 2.05) is 13.8 Å². The predicted octanol–water partition coefficient (Wildman–Crippen LogP) is 6.11. The van der Waals surface area contributed by atoms with E-state index in [0.29, 0.717) is 43.1 Å². The van der Waals surface area contributed by atoms with Crippen LogP contribution in [0.25, 0.3) is 0 Å². The number of ether oxygens (including phenoxy) is 1. The van der Waals surface area contributed by atoms with E-state index in [1.54, 1.807) is 5.57 Å². The van der Waals surface area contributed by atoms with Gasteiger partial charge in [-0.2, -0.15) is 0 Å². The molecule has 3 N–H and O–H groups in total. The van der Waals surface area contributed by atoms with E-state index in [0.717, 1.165) is 29.9 Å². The molecule has 0 bridgehead atoms. The standard InChI is InChI=1S/C30H50O4/c1-21(9-6-15-29(3,4)33)25-13-14-26-23(10-7-16-30(25,26)5)11-12-24-20-27(32)28(19-22(24)2)34-18-8-17-31/h11-12,21,25-28,31-33H,2,6-10,13-20H2,1,3-5H3. The molecule has 0 amide bonds. The molecule has 0 saturated heterocycles. The van der Waals surface area contributed by atoms with Gasteiger partial charge in [0.15, 0.2) is 0 Å². The number of rotatable bonds is 10. The second-order valence-electron chi connectivity index (χ2n) is 12.3. The Balaban J connectivity index is 1.63. The maximum absolute atomic E-state index is 10.6. The minimum absolute atomic E-state index is 0.114. The summed E-state index contributed by atoms with van der Waals surface area (Å²) >= 11 is 0. The molecule has 3 rings (SSSR count). The molecule has 0 spiro atoms. The highest BCUT2D eigenvalue weighted by Crippen LogP contribution is 2.60. The van der Waals surface area contributed by atoms with Crippen LogP contribution in [-0.4, -0.2) is 46.3 Å². The van der Waals surface area contributed by atoms with Crippen LogP contribution in [0.3, 0.4) is 0 Å². The second kappa shape index (κ2) is 11.9. The van der Waals surface area contributed by atoms with Crippen molar-refractivity contribution in [3.05, 3.63) is 35.5 Å². The van der Waals surface area contributed by atoms with Crippen molar-refractivity contribution in [3.8, 4) is 0 Å². The molecular formula is C30H50O4. The molecule has 0 aromatic carbocycles. The summed E-state index contributed by atoms with van der Waals surface area (Å²) in [5, 5.41) is 29.6. The highest BCUT2D eigenvalue weighted by molar-refractivity contribution is 5.37. The molecule has 4 nitrogen and oxygen atoms in total. The number of fused-ring (bicyclic) bond motifs is 1. The van der Waals surface area contributed by atoms with Crippen molar-refractivity contribution in [2.45, 2.75) is 116 Å². The molecule has 34 heavy (non-hydrogen) atoms. The SMILES string of the molecule is C=C1CC(OCCCO)C(O)CC1=CC=C1CCCC2(C)C1CCC2C(C)CCCC(C)(C)O. The van der Waals surface area contributed by atoms with E-state index in [1.165, 1.54) is 38.5 Å². The van der Waals surface area contributed by atoms with Crippen LogP contribution in [-0.2, 0) is 4.74 Å². The zero-order chi connectivity index (χ0) is 24.9. The van der Waals surface area contributed by atoms with Crippen LogP contribution in [0.1, 0.15) is 98.3 Å². The van der Waals surface area contributed by atoms with Gasteiger partial charge in [0.1, 0.15) is 0 Å². The second-order valence-corrected chi connectivity index (χ2v) is 12.3. The molecular weight excluding hydrogens is 424 g/mol. The quantitative estimate of drug-likeness (QED) is 0.334. The van der Waals surface area contributed by atoms with Crippen LogP contribution in [0.4, 0.5) is 0 Å². The maximum Gasteiger partial charge on any atom is 0.0877 e. The number of hydrogen-bond donors (Lipinski definition) is 3. The van der Waals surface area contributed by atoms with Crippen LogP contribution in [0.2, 0.25) is 0 Å². The van der Waals surface area contributed by atoms with Crippen molar-refractivity contribution in [2.75, 3.05) is 13.2 Å². The minimum Gasteiger partial charge on any atom is -0.396 e. The van der Waals surface area contributed by atoms with Crippen LogP contribution in [0.15, 0.2) is 35.5 Å². The summed E-state index contributed by atoms with van der Waals surface area (Å²) in [5.41, 5.74) is 3.64. The lowest BCUT2D eigenvalue weighted by molar-refractivity contribution is -0.0446. The van der Waals surface area contributed by atoms with E-state index in [-0.39, 0.29) is 12.7 Å². The van der Waals surface area contributed by atoms with Gasteiger partial charge in [0.25, 0.3) is 0 Å². The van der Waals surface area contributed by atoms with E-state index < -0.39 is 11.7 Å². The first-order chi connectivity index (χ1) is 16.0. The van der Waals surface area contributed by atoms with Crippen molar-refractivity contribution in [1.82, 2.24) is 0 Å². The number of allylic oxidation sites excluding steroid dienone is 3. The van der Waals surface area contributed by atoms with Crippen molar-refractivity contribution >= 4 is 0 Å². The zero-order valence-electron chi connectivity index (χ0n) is 22.2. The van der Waals surface area contributed by atoms with Gasteiger partial charge < -0.3 is 20.1 Å². The Hall–Kier alpha value is -0.940. The van der Waals surface area contributed by atoms with E-state index in [4.69, 9.17) is 9.84 Å². The number of hydrogen-bond acceptors (Lipinski definition) is 4. The molecule has 0 aromatic rings. The van der Waals surface area contributed by atoms with Crippen molar-refractivity contribution in [2.24, 2.45) is 23.2 Å². The zero-order valence-corrected chi connectivity index (χ0v) is 22.2. The highest BCUT2D eigenvalue weighted by Gasteiger charge is 2.50. The van der Waals surface area contributed by atoms with Gasteiger partial charge in [0.05, 0.1) is 17.8 Å². The Bertz CT molecular complexity index is 745. The molecule has 6 unspecified atom stereocenters. The average Bonchev–Trinajstić information content (AvgIpc) is 3.11. The van der Waals surface area contributed by atoms with Gasteiger partial charge in [0.2, 0.25) is 0 Å². The molecule has 0 aliphatic heterocycles. The third-order valence-corrected chi connectivity index (χ3v) is 9.07. The van der Waals surface area contributed by atoms with Gasteiger partial charge in [0, 0.05) is 26.1 Å². The van der Waals surface area contributed by atoms with Gasteiger partial charge in [-0.25, -0.2) is 0 Å². The summed E-state index contributed by atoms with van der Waals surface area (Å²) in [6.07, 6.45) is 15.3. The largest absolute Gasteiger partial charge is 0.396 e. The summed E-state index contributed by atoms with van der Waals surface area (Å²) in [4.78, 5) is 0. The summed E-state index contributed by atoms with van der Waals surface area (Å²) < 4.78 is 5.77. The summed E-state index contributed by atoms with van der Waals surface area (Å²) in [7, 11) is 0. The predicted molar refractivity (Wildman–Crippen MR) is 139 cm³/mol. The Kier molecular flexibility index (Phi) is 9.65. The van der Waals surface area contributed by atoms with Crippen LogP contribution >= 0.6 is 0 Å². The van der Waals surface area contributed by atoms with Gasteiger partial charge in [-0.1, -0.05) is 51.0 Å². The smallest absolute Gasteiger partial charge is 0.0877 e. The molecule has 3 fully saturated rings. The lowest BCUT2D eigenvalue weighted by Gasteiger charge is -2.44.